The van der Waals surface area contributed by atoms with Crippen LogP contribution in [0, 0.1) is 0 Å². The molecule has 2 aromatic carbocycles. The third kappa shape index (κ3) is 6.69. The van der Waals surface area contributed by atoms with E-state index >= 15 is 0 Å². The van der Waals surface area contributed by atoms with Crippen molar-refractivity contribution in [1.82, 2.24) is 15.3 Å². The van der Waals surface area contributed by atoms with E-state index in [4.69, 9.17) is 17.4 Å². The van der Waals surface area contributed by atoms with Gasteiger partial charge in [0.1, 0.15) is 0 Å². The number of hydrogen-bond donors (Lipinski definition) is 2. The molecule has 186 valence electrons. The number of rotatable bonds is 9. The first-order valence-corrected chi connectivity index (χ1v) is 13.0. The number of carbonyl (C=O) groups excluding carboxylic acids is 1. The molecule has 1 heterocycles. The van der Waals surface area contributed by atoms with Crippen molar-refractivity contribution in [3.8, 4) is 11.1 Å². The van der Waals surface area contributed by atoms with Crippen LogP contribution >= 0.6 is 12.2 Å². The van der Waals surface area contributed by atoms with Gasteiger partial charge < -0.3 is 14.7 Å². The molecule has 0 radical (unpaired) electrons. The summed E-state index contributed by atoms with van der Waals surface area (Å²) in [7, 11) is 2.16. The van der Waals surface area contributed by atoms with Gasteiger partial charge in [-0.2, -0.15) is 0 Å². The van der Waals surface area contributed by atoms with Gasteiger partial charge in [0.25, 0.3) is 0 Å². The van der Waals surface area contributed by atoms with Crippen molar-refractivity contribution in [2.24, 2.45) is 0 Å². The molecule has 1 aliphatic carbocycles. The van der Waals surface area contributed by atoms with E-state index in [1.54, 1.807) is 5.48 Å². The van der Waals surface area contributed by atoms with Crippen LogP contribution in [0.2, 0.25) is 0 Å². The minimum Gasteiger partial charge on any atom is -0.346 e. The predicted octanol–water partition coefficient (Wildman–Crippen LogP) is 4.72. The van der Waals surface area contributed by atoms with Gasteiger partial charge in [-0.15, -0.1) is 0 Å². The van der Waals surface area contributed by atoms with Crippen LogP contribution in [0.15, 0.2) is 48.5 Å². The maximum Gasteiger partial charge on any atom is 0.243 e. The first kappa shape index (κ1) is 25.4. The molecule has 1 saturated heterocycles. The van der Waals surface area contributed by atoms with E-state index in [1.165, 1.54) is 22.3 Å². The lowest BCUT2D eigenvalue weighted by Crippen LogP contribution is -2.52. The van der Waals surface area contributed by atoms with Crippen LogP contribution < -0.4 is 10.4 Å². The molecule has 1 aliphatic heterocycles. The molecule has 2 aromatic rings. The van der Waals surface area contributed by atoms with Crippen molar-refractivity contribution < 1.29 is 10.0 Å². The summed E-state index contributed by atoms with van der Waals surface area (Å²) in [5, 5.41) is 9.54. The van der Waals surface area contributed by atoms with Crippen molar-refractivity contribution in [3.63, 3.8) is 0 Å². The summed E-state index contributed by atoms with van der Waals surface area (Å²) < 4.78 is 0. The number of amides is 1. The normalized spacial score (nSPS) is 15.2. The second kappa shape index (κ2) is 12.3. The molecule has 1 amide bonds. The first-order valence-electron chi connectivity index (χ1n) is 12.6. The average molecular weight is 493 g/mol. The summed E-state index contributed by atoms with van der Waals surface area (Å²) in [6, 6.07) is 15.5. The van der Waals surface area contributed by atoms with Crippen LogP contribution in [0.5, 0.6) is 0 Å². The maximum absolute atomic E-state index is 11.2. The van der Waals surface area contributed by atoms with Gasteiger partial charge in [0.05, 0.1) is 0 Å². The van der Waals surface area contributed by atoms with Crippen molar-refractivity contribution in [2.75, 3.05) is 44.7 Å². The first-order chi connectivity index (χ1) is 17.0. The lowest BCUT2D eigenvalue weighted by Gasteiger charge is -2.38. The number of allylic oxidation sites excluding steroid dienone is 1. The zero-order chi connectivity index (χ0) is 24.6. The second-order valence-corrected chi connectivity index (χ2v) is 9.86. The summed E-state index contributed by atoms with van der Waals surface area (Å²) in [6.45, 7) is 4.78. The van der Waals surface area contributed by atoms with Crippen LogP contribution in [0.1, 0.15) is 43.2 Å². The molecule has 0 atom stereocenters. The third-order valence-electron chi connectivity index (χ3n) is 6.96. The molecule has 7 heteroatoms. The molecule has 0 unspecified atom stereocenters. The lowest BCUT2D eigenvalue weighted by molar-refractivity contribution is -0.129. The fourth-order valence-corrected chi connectivity index (χ4v) is 5.11. The minimum absolute atomic E-state index is 0.317. The molecule has 6 nitrogen and oxygen atoms in total. The standard InChI is InChI=1S/C28H36N4O2S/c1-30-17-19-31(20-18-30)28(35)32(16-5-3-2-4-9-27(33)29-34)26-14-12-23(13-15-26)25-11-10-22-7-6-8-24(22)21-25/h6,8,10-15,21,34H,2-5,7,9,16-20H2,1H3,(H,29,33). The van der Waals surface area contributed by atoms with E-state index in [-0.39, 0.29) is 5.91 Å². The van der Waals surface area contributed by atoms with Crippen molar-refractivity contribution >= 4 is 35.0 Å². The van der Waals surface area contributed by atoms with Crippen LogP contribution in [0.3, 0.4) is 0 Å². The largest absolute Gasteiger partial charge is 0.346 e. The molecule has 35 heavy (non-hydrogen) atoms. The molecule has 2 aliphatic rings. The Bertz CT molecular complexity index is 1050. The Morgan fingerprint density at radius 1 is 1.00 bits per heavy atom. The van der Waals surface area contributed by atoms with Crippen LogP contribution in [0.25, 0.3) is 17.2 Å². The number of unbranched alkanes of at least 4 members (excludes halogenated alkanes) is 3. The highest BCUT2D eigenvalue weighted by Gasteiger charge is 2.22. The van der Waals surface area contributed by atoms with Crippen molar-refractivity contribution in [1.29, 1.82) is 0 Å². The minimum atomic E-state index is -0.317. The molecule has 4 rings (SSSR count). The number of anilines is 1. The predicted molar refractivity (Wildman–Crippen MR) is 147 cm³/mol. The zero-order valence-corrected chi connectivity index (χ0v) is 21.4. The summed E-state index contributed by atoms with van der Waals surface area (Å²) in [5.41, 5.74) is 7.99. The number of carbonyl (C=O) groups is 1. The van der Waals surface area contributed by atoms with E-state index in [9.17, 15) is 4.79 Å². The van der Waals surface area contributed by atoms with E-state index in [0.717, 1.165) is 75.6 Å². The van der Waals surface area contributed by atoms with Gasteiger partial charge in [0, 0.05) is 44.8 Å². The highest BCUT2D eigenvalue weighted by Crippen LogP contribution is 2.29. The summed E-state index contributed by atoms with van der Waals surface area (Å²) in [6.07, 6.45) is 9.56. The van der Waals surface area contributed by atoms with Gasteiger partial charge in [-0.25, -0.2) is 5.48 Å². The van der Waals surface area contributed by atoms with Crippen LogP contribution in [-0.4, -0.2) is 65.8 Å². The molecule has 0 bridgehead atoms. The number of piperazine rings is 1. The van der Waals surface area contributed by atoms with E-state index in [0.29, 0.717) is 6.42 Å². The molecule has 2 N–H and O–H groups in total. The van der Waals surface area contributed by atoms with Crippen LogP contribution in [-0.2, 0) is 11.2 Å². The average Bonchev–Trinajstić information content (AvgIpc) is 3.36. The highest BCUT2D eigenvalue weighted by atomic mass is 32.1. The molecular formula is C28H36N4O2S. The SMILES string of the molecule is CN1CCN(C(=S)N(CCCCCCC(=O)NO)c2ccc(-c3ccc4c(c3)C=CC4)cc2)CC1. The quantitative estimate of drug-likeness (QED) is 0.229. The van der Waals surface area contributed by atoms with Gasteiger partial charge >= 0.3 is 0 Å². The summed E-state index contributed by atoms with van der Waals surface area (Å²) >= 11 is 5.99. The smallest absolute Gasteiger partial charge is 0.243 e. The van der Waals surface area contributed by atoms with Gasteiger partial charge in [-0.1, -0.05) is 49.3 Å². The van der Waals surface area contributed by atoms with Crippen LogP contribution in [0.4, 0.5) is 5.69 Å². The Labute approximate surface area is 214 Å². The van der Waals surface area contributed by atoms with Gasteiger partial charge in [0.2, 0.25) is 5.91 Å². The number of benzene rings is 2. The molecule has 0 spiro atoms. The zero-order valence-electron chi connectivity index (χ0n) is 20.6. The third-order valence-corrected chi connectivity index (χ3v) is 7.44. The Morgan fingerprint density at radius 2 is 1.71 bits per heavy atom. The monoisotopic (exact) mass is 492 g/mol. The second-order valence-electron chi connectivity index (χ2n) is 9.49. The number of hydrogen-bond acceptors (Lipinski definition) is 4. The number of thiocarbonyl (C=S) groups is 1. The fourth-order valence-electron chi connectivity index (χ4n) is 4.73. The Balaban J connectivity index is 1.43. The molecular weight excluding hydrogens is 456 g/mol. The van der Waals surface area contributed by atoms with Gasteiger partial charge in [-0.05, 0) is 79.0 Å². The Hall–Kier alpha value is -2.74. The fraction of sp³-hybridized carbons (Fsp3) is 0.429. The van der Waals surface area contributed by atoms with Gasteiger partial charge in [-0.3, -0.25) is 10.0 Å². The lowest BCUT2D eigenvalue weighted by atomic mass is 10.00. The molecule has 0 saturated carbocycles. The summed E-state index contributed by atoms with van der Waals surface area (Å²) in [5.74, 6) is -0.317. The molecule has 1 fully saturated rings. The topological polar surface area (TPSA) is 59.0 Å². The van der Waals surface area contributed by atoms with E-state index in [2.05, 4.69) is 76.4 Å². The molecule has 0 aromatic heterocycles. The van der Waals surface area contributed by atoms with Crippen molar-refractivity contribution in [2.45, 2.75) is 38.5 Å². The number of likely N-dealkylation sites (N-methyl/N-ethyl adjacent to an activating group) is 1. The van der Waals surface area contributed by atoms with Gasteiger partial charge in [0.15, 0.2) is 5.11 Å². The number of hydroxylamine groups is 1. The van der Waals surface area contributed by atoms with Crippen molar-refractivity contribution in [3.05, 3.63) is 59.7 Å². The van der Waals surface area contributed by atoms with E-state index < -0.39 is 0 Å². The van der Waals surface area contributed by atoms with E-state index in [1.807, 2.05) is 0 Å². The Kier molecular flexibility index (Phi) is 8.90. The summed E-state index contributed by atoms with van der Waals surface area (Å²) in [4.78, 5) is 18.1. The highest BCUT2D eigenvalue weighted by molar-refractivity contribution is 7.80. The maximum atomic E-state index is 11.2. The number of fused-ring (bicyclic) bond motifs is 1. The number of nitrogens with zero attached hydrogens (tertiary/aromatic N) is 3. The number of nitrogens with one attached hydrogen (secondary N) is 1. The Morgan fingerprint density at radius 3 is 2.46 bits per heavy atom.